The van der Waals surface area contributed by atoms with Crippen molar-refractivity contribution in [3.8, 4) is 5.75 Å². The average Bonchev–Trinajstić information content (AvgIpc) is 3.53. The quantitative estimate of drug-likeness (QED) is 0.106. The first-order valence-electron chi connectivity index (χ1n) is 15.6. The van der Waals surface area contributed by atoms with E-state index in [1.165, 1.54) is 0 Å². The van der Waals surface area contributed by atoms with Crippen molar-refractivity contribution in [2.45, 2.75) is 32.7 Å². The van der Waals surface area contributed by atoms with E-state index in [-0.39, 0.29) is 37.8 Å². The lowest BCUT2D eigenvalue weighted by Gasteiger charge is -2.22. The van der Waals surface area contributed by atoms with Crippen LogP contribution in [0.5, 0.6) is 5.75 Å². The van der Waals surface area contributed by atoms with Crippen LogP contribution in [-0.2, 0) is 29.2 Å². The maximum Gasteiger partial charge on any atom is 0.408 e. The summed E-state index contributed by atoms with van der Waals surface area (Å²) in [6.45, 7) is 2.40. The van der Waals surface area contributed by atoms with Gasteiger partial charge in [0, 0.05) is 24.3 Å². The summed E-state index contributed by atoms with van der Waals surface area (Å²) in [4.78, 5) is 59.7. The van der Waals surface area contributed by atoms with Gasteiger partial charge >= 0.3 is 18.1 Å². The molecule has 0 bridgehead atoms. The molecule has 1 atom stereocenters. The molecule has 0 radical (unpaired) electrons. The molecule has 252 valence electrons. The third-order valence-electron chi connectivity index (χ3n) is 7.34. The van der Waals surface area contributed by atoms with Crippen molar-refractivity contribution < 1.29 is 33.8 Å². The number of rotatable bonds is 14. The molecule has 13 nitrogen and oxygen atoms in total. The average molecular weight is 665 g/mol. The molecule has 13 heteroatoms. The zero-order valence-electron chi connectivity index (χ0n) is 26.7. The van der Waals surface area contributed by atoms with Gasteiger partial charge in [-0.2, -0.15) is 0 Å². The molecule has 4 amide bonds. The van der Waals surface area contributed by atoms with Crippen LogP contribution in [0.3, 0.4) is 0 Å². The van der Waals surface area contributed by atoms with E-state index in [9.17, 15) is 24.3 Å². The number of hydrogen-bond donors (Lipinski definition) is 5. The molecule has 0 saturated carbocycles. The number of nitrogens with one attached hydrogen (secondary N) is 4. The maximum atomic E-state index is 13.5. The van der Waals surface area contributed by atoms with E-state index in [0.717, 1.165) is 22.2 Å². The Balaban J connectivity index is 1.20. The van der Waals surface area contributed by atoms with Gasteiger partial charge in [-0.3, -0.25) is 4.79 Å². The lowest BCUT2D eigenvalue weighted by Crippen LogP contribution is -2.48. The highest BCUT2D eigenvalue weighted by atomic mass is 16.5. The van der Waals surface area contributed by atoms with E-state index in [0.29, 0.717) is 23.9 Å². The second-order valence-electron chi connectivity index (χ2n) is 10.9. The van der Waals surface area contributed by atoms with E-state index >= 15 is 0 Å². The van der Waals surface area contributed by atoms with E-state index in [1.807, 2.05) is 37.3 Å². The van der Waals surface area contributed by atoms with Crippen LogP contribution in [0.1, 0.15) is 34.2 Å². The molecule has 1 heterocycles. The second-order valence-corrected chi connectivity index (χ2v) is 10.9. The number of fused-ring (bicyclic) bond motifs is 1. The SMILES string of the molecule is CCOc1ccc(NC(=O)N(Cc2ccc(C(=O)NC[C@H](NC(=O)OCc3ccccc3)C(=O)O)cc2)Cc2nc3ccccc3[nH]2)cc1. The number of hydrogen-bond acceptors (Lipinski definition) is 7. The molecule has 0 aliphatic carbocycles. The van der Waals surface area contributed by atoms with Gasteiger partial charge in [-0.05, 0) is 66.6 Å². The van der Waals surface area contributed by atoms with Crippen LogP contribution in [0.4, 0.5) is 15.3 Å². The fourth-order valence-electron chi connectivity index (χ4n) is 4.85. The van der Waals surface area contributed by atoms with Crippen molar-refractivity contribution in [3.05, 3.63) is 126 Å². The largest absolute Gasteiger partial charge is 0.494 e. The first-order valence-corrected chi connectivity index (χ1v) is 15.6. The summed E-state index contributed by atoms with van der Waals surface area (Å²) in [6, 6.07) is 28.4. The normalized spacial score (nSPS) is 11.3. The number of carbonyl (C=O) groups excluding carboxylic acids is 3. The van der Waals surface area contributed by atoms with Crippen LogP contribution < -0.4 is 20.7 Å². The van der Waals surface area contributed by atoms with Crippen LogP contribution in [-0.4, -0.2) is 63.2 Å². The summed E-state index contributed by atoms with van der Waals surface area (Å²) < 4.78 is 10.6. The number of anilines is 1. The van der Waals surface area contributed by atoms with Crippen molar-refractivity contribution in [3.63, 3.8) is 0 Å². The number of para-hydroxylation sites is 2. The third-order valence-corrected chi connectivity index (χ3v) is 7.34. The molecule has 0 unspecified atom stereocenters. The van der Waals surface area contributed by atoms with Gasteiger partial charge in [0.25, 0.3) is 5.91 Å². The standard InChI is InChI=1S/C36H36N6O7/c1-2-48-28-18-16-27(17-19-28)38-35(46)42(22-32-39-29-10-6-7-11-30(29)40-32)21-24-12-14-26(15-13-24)33(43)37-20-31(34(44)45)41-36(47)49-23-25-8-4-3-5-9-25/h3-19,31H,2,20-23H2,1H3,(H,37,43)(H,38,46)(H,39,40)(H,41,47)(H,44,45)/t31-/m0/s1. The molecule has 0 aliphatic heterocycles. The monoisotopic (exact) mass is 664 g/mol. The van der Waals surface area contributed by atoms with Gasteiger partial charge < -0.3 is 40.4 Å². The molecule has 5 aromatic rings. The van der Waals surface area contributed by atoms with Gasteiger partial charge in [0.05, 0.1) is 24.2 Å². The number of alkyl carbamates (subject to hydrolysis) is 1. The van der Waals surface area contributed by atoms with E-state index in [4.69, 9.17) is 9.47 Å². The number of aromatic amines is 1. The van der Waals surface area contributed by atoms with Crippen LogP contribution in [0, 0.1) is 0 Å². The first-order chi connectivity index (χ1) is 23.8. The topological polar surface area (TPSA) is 175 Å². The number of aliphatic carboxylic acids is 1. The lowest BCUT2D eigenvalue weighted by atomic mass is 10.1. The molecule has 49 heavy (non-hydrogen) atoms. The van der Waals surface area contributed by atoms with E-state index in [1.54, 1.807) is 77.7 Å². The predicted molar refractivity (Wildman–Crippen MR) is 182 cm³/mol. The zero-order valence-corrected chi connectivity index (χ0v) is 26.7. The first kappa shape index (κ1) is 34.0. The molecular weight excluding hydrogens is 628 g/mol. The van der Waals surface area contributed by atoms with Crippen LogP contribution >= 0.6 is 0 Å². The number of amides is 4. The molecule has 5 rings (SSSR count). The summed E-state index contributed by atoms with van der Waals surface area (Å²) in [5, 5.41) is 17.3. The minimum atomic E-state index is -1.41. The molecular formula is C36H36N6O7. The lowest BCUT2D eigenvalue weighted by molar-refractivity contribution is -0.139. The van der Waals surface area contributed by atoms with Crippen molar-refractivity contribution in [2.75, 3.05) is 18.5 Å². The third kappa shape index (κ3) is 9.81. The summed E-state index contributed by atoms with van der Waals surface area (Å²) in [6.07, 6.45) is -0.923. The smallest absolute Gasteiger partial charge is 0.408 e. The predicted octanol–water partition coefficient (Wildman–Crippen LogP) is 5.31. The second kappa shape index (κ2) is 16.5. The Morgan fingerprint density at radius 3 is 2.27 bits per heavy atom. The highest BCUT2D eigenvalue weighted by Crippen LogP contribution is 2.19. The molecule has 5 N–H and O–H groups in total. The van der Waals surface area contributed by atoms with E-state index < -0.39 is 24.0 Å². The van der Waals surface area contributed by atoms with Gasteiger partial charge in [-0.1, -0.05) is 54.6 Å². The zero-order chi connectivity index (χ0) is 34.6. The van der Waals surface area contributed by atoms with Gasteiger partial charge in [0.1, 0.15) is 24.2 Å². The number of urea groups is 1. The number of H-pyrrole nitrogens is 1. The highest BCUT2D eigenvalue weighted by molar-refractivity contribution is 5.94. The van der Waals surface area contributed by atoms with Crippen LogP contribution in [0.2, 0.25) is 0 Å². The summed E-state index contributed by atoms with van der Waals surface area (Å²) in [5.41, 5.74) is 3.97. The van der Waals surface area contributed by atoms with Crippen molar-refractivity contribution in [1.29, 1.82) is 0 Å². The van der Waals surface area contributed by atoms with Gasteiger partial charge in [-0.25, -0.2) is 19.4 Å². The Morgan fingerprint density at radius 1 is 0.857 bits per heavy atom. The van der Waals surface area contributed by atoms with Crippen LogP contribution in [0.15, 0.2) is 103 Å². The Morgan fingerprint density at radius 2 is 1.57 bits per heavy atom. The van der Waals surface area contributed by atoms with Gasteiger partial charge in [0.15, 0.2) is 0 Å². The summed E-state index contributed by atoms with van der Waals surface area (Å²) >= 11 is 0. The minimum Gasteiger partial charge on any atom is -0.494 e. The Hall–Kier alpha value is -6.37. The molecule has 0 fully saturated rings. The molecule has 0 saturated heterocycles. The Labute approximate surface area is 282 Å². The number of benzene rings is 4. The Bertz CT molecular complexity index is 1850. The number of carbonyl (C=O) groups is 4. The Kier molecular flexibility index (Phi) is 11.4. The summed E-state index contributed by atoms with van der Waals surface area (Å²) in [7, 11) is 0. The fraction of sp³-hybridized carbons (Fsp3) is 0.194. The number of nitrogens with zero attached hydrogens (tertiary/aromatic N) is 2. The summed E-state index contributed by atoms with van der Waals surface area (Å²) in [5.74, 6) is -0.575. The molecule has 4 aromatic carbocycles. The van der Waals surface area contributed by atoms with Crippen molar-refractivity contribution >= 4 is 40.7 Å². The molecule has 0 spiro atoms. The number of aromatic nitrogens is 2. The molecule has 0 aliphatic rings. The van der Waals surface area contributed by atoms with Gasteiger partial charge in [0.2, 0.25) is 0 Å². The maximum absolute atomic E-state index is 13.5. The number of imidazole rings is 1. The highest BCUT2D eigenvalue weighted by Gasteiger charge is 2.22. The van der Waals surface area contributed by atoms with Gasteiger partial charge in [-0.15, -0.1) is 0 Å². The number of ether oxygens (including phenoxy) is 2. The van der Waals surface area contributed by atoms with Crippen LogP contribution in [0.25, 0.3) is 11.0 Å². The van der Waals surface area contributed by atoms with Crippen molar-refractivity contribution in [2.24, 2.45) is 0 Å². The number of carboxylic acids is 1. The number of carboxylic acid groups (broad SMARTS) is 1. The van der Waals surface area contributed by atoms with E-state index in [2.05, 4.69) is 25.9 Å². The minimum absolute atomic E-state index is 0.0311. The van der Waals surface area contributed by atoms with Crippen molar-refractivity contribution in [1.82, 2.24) is 25.5 Å². The molecule has 1 aromatic heterocycles. The fourth-order valence-corrected chi connectivity index (χ4v) is 4.85.